The van der Waals surface area contributed by atoms with Crippen LogP contribution in [0.5, 0.6) is 0 Å². The van der Waals surface area contributed by atoms with E-state index < -0.39 is 28.3 Å². The van der Waals surface area contributed by atoms with Crippen molar-refractivity contribution in [2.24, 2.45) is 0 Å². The second kappa shape index (κ2) is 8.64. The molecule has 2 fully saturated rings. The number of rotatable bonds is 6. The standard InChI is InChI=1S/C16H26N2O6S/c1-2-18(13-7-9-25(22,23)12-13)15(20)11-24-16(21)10-17-8-5-3-4-6-14(17)19/h13H,2-12H2,1H3. The van der Waals surface area contributed by atoms with Gasteiger partial charge in [-0.1, -0.05) is 6.42 Å². The van der Waals surface area contributed by atoms with E-state index in [2.05, 4.69) is 0 Å². The lowest BCUT2D eigenvalue weighted by Crippen LogP contribution is -2.44. The SMILES string of the molecule is CCN(C(=O)COC(=O)CN1CCCCCC1=O)C1CCS(=O)(=O)C1. The van der Waals surface area contributed by atoms with Crippen molar-refractivity contribution in [2.75, 3.05) is 37.7 Å². The summed E-state index contributed by atoms with van der Waals surface area (Å²) in [7, 11) is -3.09. The zero-order valence-electron chi connectivity index (χ0n) is 14.6. The van der Waals surface area contributed by atoms with Crippen LogP contribution < -0.4 is 0 Å². The van der Waals surface area contributed by atoms with Gasteiger partial charge < -0.3 is 14.5 Å². The van der Waals surface area contributed by atoms with E-state index in [0.717, 1.165) is 19.3 Å². The largest absolute Gasteiger partial charge is 0.454 e. The predicted octanol–water partition coefficient (Wildman–Crippen LogP) is -0.0322. The number of hydrogen-bond acceptors (Lipinski definition) is 6. The average molecular weight is 374 g/mol. The van der Waals surface area contributed by atoms with Gasteiger partial charge in [0.2, 0.25) is 5.91 Å². The topological polar surface area (TPSA) is 101 Å². The van der Waals surface area contributed by atoms with Crippen LogP contribution in [0.2, 0.25) is 0 Å². The third kappa shape index (κ3) is 5.69. The normalized spacial score (nSPS) is 23.2. The molecule has 2 rings (SSSR count). The summed E-state index contributed by atoms with van der Waals surface area (Å²) in [5, 5.41) is 0. The molecule has 9 heteroatoms. The number of sulfone groups is 1. The Morgan fingerprint density at radius 1 is 1.28 bits per heavy atom. The van der Waals surface area contributed by atoms with Crippen LogP contribution in [0.15, 0.2) is 0 Å². The molecule has 25 heavy (non-hydrogen) atoms. The number of ether oxygens (including phenoxy) is 1. The van der Waals surface area contributed by atoms with Crippen molar-refractivity contribution < 1.29 is 27.5 Å². The van der Waals surface area contributed by atoms with E-state index in [1.165, 1.54) is 9.80 Å². The fourth-order valence-corrected chi connectivity index (χ4v) is 5.02. The first-order valence-electron chi connectivity index (χ1n) is 8.75. The van der Waals surface area contributed by atoms with Crippen molar-refractivity contribution >= 4 is 27.6 Å². The maximum absolute atomic E-state index is 12.3. The Morgan fingerprint density at radius 2 is 2.04 bits per heavy atom. The summed E-state index contributed by atoms with van der Waals surface area (Å²) in [6.45, 7) is 2.09. The van der Waals surface area contributed by atoms with Gasteiger partial charge in [0, 0.05) is 25.6 Å². The van der Waals surface area contributed by atoms with Gasteiger partial charge >= 0.3 is 5.97 Å². The fourth-order valence-electron chi connectivity index (χ4n) is 3.29. The lowest BCUT2D eigenvalue weighted by molar-refractivity contribution is -0.155. The maximum atomic E-state index is 12.3. The highest BCUT2D eigenvalue weighted by Crippen LogP contribution is 2.18. The molecule has 0 aromatic carbocycles. The van der Waals surface area contributed by atoms with Crippen molar-refractivity contribution in [2.45, 2.75) is 45.1 Å². The summed E-state index contributed by atoms with van der Waals surface area (Å²) < 4.78 is 28.2. The second-order valence-corrected chi connectivity index (χ2v) is 8.75. The summed E-state index contributed by atoms with van der Waals surface area (Å²) in [4.78, 5) is 39.0. The van der Waals surface area contributed by atoms with Crippen molar-refractivity contribution in [3.05, 3.63) is 0 Å². The van der Waals surface area contributed by atoms with Crippen LogP contribution in [0.3, 0.4) is 0 Å². The zero-order chi connectivity index (χ0) is 18.4. The summed E-state index contributed by atoms with van der Waals surface area (Å²) >= 11 is 0. The Morgan fingerprint density at radius 3 is 2.68 bits per heavy atom. The van der Waals surface area contributed by atoms with Crippen molar-refractivity contribution in [1.29, 1.82) is 0 Å². The summed E-state index contributed by atoms with van der Waals surface area (Å²) in [5.74, 6) is -1.04. The van der Waals surface area contributed by atoms with Gasteiger partial charge in [0.15, 0.2) is 16.4 Å². The number of hydrogen-bond donors (Lipinski definition) is 0. The Labute approximate surface area is 148 Å². The van der Waals surface area contributed by atoms with Gasteiger partial charge in [0.1, 0.15) is 6.54 Å². The molecule has 0 spiro atoms. The molecule has 2 aliphatic heterocycles. The second-order valence-electron chi connectivity index (χ2n) is 6.52. The van der Waals surface area contributed by atoms with Crippen LogP contribution in [0.25, 0.3) is 0 Å². The summed E-state index contributed by atoms with van der Waals surface area (Å²) in [6.07, 6.45) is 3.51. The molecule has 8 nitrogen and oxygen atoms in total. The van der Waals surface area contributed by atoms with E-state index in [-0.39, 0.29) is 30.0 Å². The fraction of sp³-hybridized carbons (Fsp3) is 0.812. The molecule has 0 aliphatic carbocycles. The van der Waals surface area contributed by atoms with Crippen LogP contribution in [0, 0.1) is 0 Å². The number of esters is 1. The van der Waals surface area contributed by atoms with E-state index in [9.17, 15) is 22.8 Å². The van der Waals surface area contributed by atoms with Gasteiger partial charge in [-0.2, -0.15) is 0 Å². The monoisotopic (exact) mass is 374 g/mol. The molecular formula is C16H26N2O6S. The molecule has 0 radical (unpaired) electrons. The number of amides is 2. The van der Waals surface area contributed by atoms with Gasteiger partial charge in [-0.05, 0) is 26.2 Å². The third-order valence-corrected chi connectivity index (χ3v) is 6.41. The van der Waals surface area contributed by atoms with Crippen molar-refractivity contribution in [1.82, 2.24) is 9.80 Å². The van der Waals surface area contributed by atoms with E-state index in [1.54, 1.807) is 6.92 Å². The molecule has 1 atom stereocenters. The molecule has 2 saturated heterocycles. The Hall–Kier alpha value is -1.64. The van der Waals surface area contributed by atoms with Gasteiger partial charge in [0.25, 0.3) is 5.91 Å². The van der Waals surface area contributed by atoms with Crippen LogP contribution in [-0.4, -0.2) is 79.8 Å². The lowest BCUT2D eigenvalue weighted by atomic mass is 10.2. The molecule has 0 aromatic rings. The number of carbonyl (C=O) groups is 3. The predicted molar refractivity (Wildman–Crippen MR) is 90.5 cm³/mol. The molecule has 1 unspecified atom stereocenters. The molecule has 2 amide bonds. The van der Waals surface area contributed by atoms with E-state index in [1.807, 2.05) is 0 Å². The minimum absolute atomic E-state index is 0.0389. The first-order chi connectivity index (χ1) is 11.8. The Balaban J connectivity index is 1.81. The van der Waals surface area contributed by atoms with Crippen LogP contribution in [-0.2, 0) is 29.0 Å². The number of carbonyl (C=O) groups excluding carboxylic acids is 3. The minimum Gasteiger partial charge on any atom is -0.454 e. The van der Waals surface area contributed by atoms with Crippen LogP contribution >= 0.6 is 0 Å². The highest BCUT2D eigenvalue weighted by atomic mass is 32.2. The van der Waals surface area contributed by atoms with Crippen molar-refractivity contribution in [3.8, 4) is 0 Å². The molecule has 0 aromatic heterocycles. The maximum Gasteiger partial charge on any atom is 0.326 e. The van der Waals surface area contributed by atoms with Crippen molar-refractivity contribution in [3.63, 3.8) is 0 Å². The van der Waals surface area contributed by atoms with Gasteiger partial charge in [0.05, 0.1) is 11.5 Å². The van der Waals surface area contributed by atoms with Gasteiger partial charge in [-0.25, -0.2) is 8.42 Å². The highest BCUT2D eigenvalue weighted by Gasteiger charge is 2.34. The molecule has 2 heterocycles. The molecule has 0 N–H and O–H groups in total. The molecule has 2 aliphatic rings. The van der Waals surface area contributed by atoms with Gasteiger partial charge in [-0.15, -0.1) is 0 Å². The first-order valence-corrected chi connectivity index (χ1v) is 10.6. The van der Waals surface area contributed by atoms with E-state index >= 15 is 0 Å². The molecule has 142 valence electrons. The molecule has 0 saturated carbocycles. The Kier molecular flexibility index (Phi) is 6.80. The molecule has 0 bridgehead atoms. The number of likely N-dealkylation sites (N-methyl/N-ethyl adjacent to an activating group) is 1. The van der Waals surface area contributed by atoms with Crippen LogP contribution in [0.4, 0.5) is 0 Å². The number of nitrogens with zero attached hydrogens (tertiary/aromatic N) is 2. The summed E-state index contributed by atoms with van der Waals surface area (Å²) in [5.41, 5.74) is 0. The molecular weight excluding hydrogens is 348 g/mol. The zero-order valence-corrected chi connectivity index (χ0v) is 15.4. The third-order valence-electron chi connectivity index (χ3n) is 4.66. The quantitative estimate of drug-likeness (QED) is 0.605. The van der Waals surface area contributed by atoms with E-state index in [0.29, 0.717) is 25.9 Å². The van der Waals surface area contributed by atoms with Crippen LogP contribution in [0.1, 0.15) is 39.0 Å². The number of likely N-dealkylation sites (tertiary alicyclic amines) is 1. The smallest absolute Gasteiger partial charge is 0.326 e. The van der Waals surface area contributed by atoms with Gasteiger partial charge in [-0.3, -0.25) is 14.4 Å². The summed E-state index contributed by atoms with van der Waals surface area (Å²) in [6, 6.07) is -0.353. The van der Waals surface area contributed by atoms with E-state index in [4.69, 9.17) is 4.74 Å². The first kappa shape index (κ1) is 19.7. The average Bonchev–Trinajstić information content (AvgIpc) is 2.78. The minimum atomic E-state index is -3.09. The highest BCUT2D eigenvalue weighted by molar-refractivity contribution is 7.91. The Bertz CT molecular complexity index is 618. The lowest BCUT2D eigenvalue weighted by Gasteiger charge is -2.26.